The van der Waals surface area contributed by atoms with Gasteiger partial charge in [0.15, 0.2) is 5.16 Å². The zero-order chi connectivity index (χ0) is 22.7. The highest BCUT2D eigenvalue weighted by Gasteiger charge is 2.20. The van der Waals surface area contributed by atoms with Crippen molar-refractivity contribution >= 4 is 34.3 Å². The third kappa shape index (κ3) is 4.87. The van der Waals surface area contributed by atoms with Crippen LogP contribution < -0.4 is 5.56 Å². The van der Waals surface area contributed by atoms with Crippen molar-refractivity contribution in [2.24, 2.45) is 0 Å². The smallest absolute Gasteiger partial charge is 0.262 e. The van der Waals surface area contributed by atoms with Gasteiger partial charge in [0.25, 0.3) is 5.56 Å². The number of halogens is 1. The van der Waals surface area contributed by atoms with Crippen LogP contribution in [0.15, 0.2) is 56.8 Å². The maximum Gasteiger partial charge on any atom is 0.262 e. The van der Waals surface area contributed by atoms with Crippen LogP contribution in [-0.2, 0) is 11.3 Å². The fourth-order valence-corrected chi connectivity index (χ4v) is 4.38. The Balaban J connectivity index is 1.65. The van der Waals surface area contributed by atoms with Gasteiger partial charge in [-0.05, 0) is 50.6 Å². The zero-order valence-electron chi connectivity index (χ0n) is 18.0. The summed E-state index contributed by atoms with van der Waals surface area (Å²) in [6, 6.07) is 13.0. The third-order valence-electron chi connectivity index (χ3n) is 4.98. The second-order valence-corrected chi connectivity index (χ2v) is 9.17. The average molecular weight is 471 g/mol. The fourth-order valence-electron chi connectivity index (χ4n) is 3.25. The molecule has 166 valence electrons. The Morgan fingerprint density at radius 1 is 1.19 bits per heavy atom. The summed E-state index contributed by atoms with van der Waals surface area (Å²) in [5, 5.41) is 9.84. The van der Waals surface area contributed by atoms with Crippen molar-refractivity contribution in [2.45, 2.75) is 37.2 Å². The first-order chi connectivity index (χ1) is 15.5. The van der Waals surface area contributed by atoms with E-state index in [2.05, 4.69) is 10.2 Å². The van der Waals surface area contributed by atoms with Gasteiger partial charge >= 0.3 is 0 Å². The highest BCUT2D eigenvalue weighted by molar-refractivity contribution is 7.99. The van der Waals surface area contributed by atoms with Crippen LogP contribution in [0, 0.1) is 6.92 Å². The van der Waals surface area contributed by atoms with E-state index in [9.17, 15) is 4.79 Å². The van der Waals surface area contributed by atoms with Crippen LogP contribution in [0.5, 0.6) is 0 Å². The van der Waals surface area contributed by atoms with Gasteiger partial charge in [0, 0.05) is 30.8 Å². The summed E-state index contributed by atoms with van der Waals surface area (Å²) in [4.78, 5) is 17.9. The molecular weight excluding hydrogens is 448 g/mol. The lowest BCUT2D eigenvalue weighted by molar-refractivity contribution is 0.189. The molecule has 2 aromatic carbocycles. The maximum absolute atomic E-state index is 13.2. The summed E-state index contributed by atoms with van der Waals surface area (Å²) in [6.45, 7) is 5.02. The minimum Gasteiger partial charge on any atom is -0.419 e. The van der Waals surface area contributed by atoms with Crippen LogP contribution in [0.1, 0.15) is 30.0 Å². The summed E-state index contributed by atoms with van der Waals surface area (Å²) in [7, 11) is 1.64. The predicted octanol–water partition coefficient (Wildman–Crippen LogP) is 5.30. The number of aromatic nitrogens is 4. The van der Waals surface area contributed by atoms with Crippen LogP contribution in [0.3, 0.4) is 0 Å². The van der Waals surface area contributed by atoms with Gasteiger partial charge in [0.05, 0.1) is 16.2 Å². The highest BCUT2D eigenvalue weighted by atomic mass is 35.5. The molecule has 0 spiro atoms. The lowest BCUT2D eigenvalue weighted by Crippen LogP contribution is -2.24. The monoisotopic (exact) mass is 470 g/mol. The number of ether oxygens (including phenoxy) is 1. The first-order valence-corrected chi connectivity index (χ1v) is 11.5. The van der Waals surface area contributed by atoms with Crippen LogP contribution >= 0.6 is 23.4 Å². The molecule has 1 unspecified atom stereocenters. The minimum atomic E-state index is -0.209. The molecule has 32 heavy (non-hydrogen) atoms. The Bertz CT molecular complexity index is 1290. The number of hydrogen-bond acceptors (Lipinski definition) is 7. The van der Waals surface area contributed by atoms with Crippen molar-refractivity contribution in [3.8, 4) is 11.5 Å². The normalized spacial score (nSPS) is 12.4. The minimum absolute atomic E-state index is 0.108. The number of nitrogens with zero attached hydrogens (tertiary/aromatic N) is 4. The Kier molecular flexibility index (Phi) is 6.93. The van der Waals surface area contributed by atoms with Gasteiger partial charge in [-0.15, -0.1) is 10.2 Å². The molecular formula is C23H23ClN4O3S. The summed E-state index contributed by atoms with van der Waals surface area (Å²) in [6.07, 6.45) is 0.692. The molecule has 0 saturated heterocycles. The molecule has 0 aliphatic rings. The Morgan fingerprint density at radius 2 is 1.97 bits per heavy atom. The summed E-state index contributed by atoms with van der Waals surface area (Å²) < 4.78 is 12.7. The van der Waals surface area contributed by atoms with Crippen molar-refractivity contribution in [1.82, 2.24) is 19.7 Å². The SMILES string of the molecule is COCCCn1c(SC(C)c2nnc(-c3ccc(C)cc3)o2)nc2cc(Cl)ccc2c1=O. The molecule has 4 rings (SSSR count). The molecule has 2 aromatic heterocycles. The topological polar surface area (TPSA) is 83.0 Å². The fraction of sp³-hybridized carbons (Fsp3) is 0.304. The van der Waals surface area contributed by atoms with Crippen LogP contribution in [0.25, 0.3) is 22.4 Å². The number of methoxy groups -OCH3 is 1. The number of hydrogen-bond donors (Lipinski definition) is 0. The molecule has 0 saturated carbocycles. The molecule has 0 radical (unpaired) electrons. The Morgan fingerprint density at radius 3 is 2.72 bits per heavy atom. The predicted molar refractivity (Wildman–Crippen MR) is 126 cm³/mol. The Labute approximate surface area is 194 Å². The van der Waals surface area contributed by atoms with E-state index in [1.165, 1.54) is 11.8 Å². The second-order valence-electron chi connectivity index (χ2n) is 7.43. The molecule has 0 aliphatic heterocycles. The van der Waals surface area contributed by atoms with Gasteiger partial charge in [-0.25, -0.2) is 4.98 Å². The number of aryl methyl sites for hydroxylation is 1. The molecule has 0 amide bonds. The number of thioether (sulfide) groups is 1. The van der Waals surface area contributed by atoms with Gasteiger partial charge in [-0.3, -0.25) is 9.36 Å². The first-order valence-electron chi connectivity index (χ1n) is 10.2. The maximum atomic E-state index is 13.2. The van der Waals surface area contributed by atoms with E-state index in [1.807, 2.05) is 38.1 Å². The molecule has 1 atom stereocenters. The molecule has 4 aromatic rings. The number of fused-ring (bicyclic) bond motifs is 1. The van der Waals surface area contributed by atoms with Crippen molar-refractivity contribution in [3.63, 3.8) is 0 Å². The van der Waals surface area contributed by atoms with Gasteiger partial charge < -0.3 is 9.15 Å². The van der Waals surface area contributed by atoms with Crippen LogP contribution in [-0.4, -0.2) is 33.5 Å². The van der Waals surface area contributed by atoms with Crippen molar-refractivity contribution in [1.29, 1.82) is 0 Å². The van der Waals surface area contributed by atoms with E-state index >= 15 is 0 Å². The lowest BCUT2D eigenvalue weighted by Gasteiger charge is -2.15. The van der Waals surface area contributed by atoms with E-state index in [-0.39, 0.29) is 10.8 Å². The second kappa shape index (κ2) is 9.85. The van der Waals surface area contributed by atoms with Crippen LogP contribution in [0.4, 0.5) is 0 Å². The molecule has 0 bridgehead atoms. The van der Waals surface area contributed by atoms with E-state index in [1.54, 1.807) is 29.9 Å². The quantitative estimate of drug-likeness (QED) is 0.196. The highest BCUT2D eigenvalue weighted by Crippen LogP contribution is 2.34. The molecule has 7 nitrogen and oxygen atoms in total. The summed E-state index contributed by atoms with van der Waals surface area (Å²) in [5.41, 5.74) is 2.47. The largest absolute Gasteiger partial charge is 0.419 e. The molecule has 9 heteroatoms. The lowest BCUT2D eigenvalue weighted by atomic mass is 10.1. The van der Waals surface area contributed by atoms with Crippen molar-refractivity contribution < 1.29 is 9.15 Å². The molecule has 2 heterocycles. The van der Waals surface area contributed by atoms with Gasteiger partial charge in [-0.1, -0.05) is 41.1 Å². The summed E-state index contributed by atoms with van der Waals surface area (Å²) in [5.74, 6) is 0.928. The number of benzene rings is 2. The van der Waals surface area contributed by atoms with Crippen molar-refractivity contribution in [2.75, 3.05) is 13.7 Å². The first kappa shape index (κ1) is 22.5. The van der Waals surface area contributed by atoms with E-state index in [0.29, 0.717) is 52.4 Å². The van der Waals surface area contributed by atoms with E-state index < -0.39 is 0 Å². The summed E-state index contributed by atoms with van der Waals surface area (Å²) >= 11 is 7.53. The Hall–Kier alpha value is -2.68. The standard InChI is InChI=1S/C23H23ClN4O3S/c1-14-5-7-16(8-6-14)21-27-26-20(31-21)15(2)32-23-25-19-13-17(24)9-10-18(19)22(29)28(23)11-4-12-30-3/h5-10,13,15H,4,11-12H2,1-3H3. The van der Waals surface area contributed by atoms with Crippen LogP contribution in [0.2, 0.25) is 5.02 Å². The molecule has 0 aliphatic carbocycles. The van der Waals surface area contributed by atoms with Gasteiger partial charge in [-0.2, -0.15) is 0 Å². The third-order valence-corrected chi connectivity index (χ3v) is 6.29. The van der Waals surface area contributed by atoms with E-state index in [0.717, 1.165) is 11.1 Å². The van der Waals surface area contributed by atoms with Gasteiger partial charge in [0.1, 0.15) is 0 Å². The molecule has 0 fully saturated rings. The zero-order valence-corrected chi connectivity index (χ0v) is 19.6. The molecule has 0 N–H and O–H groups in total. The van der Waals surface area contributed by atoms with Crippen molar-refractivity contribution in [3.05, 3.63) is 69.3 Å². The van der Waals surface area contributed by atoms with E-state index in [4.69, 9.17) is 25.7 Å². The van der Waals surface area contributed by atoms with Gasteiger partial charge in [0.2, 0.25) is 11.8 Å². The number of rotatable bonds is 8. The average Bonchev–Trinajstić information content (AvgIpc) is 3.27.